The molecule has 2 aromatic carbocycles. The van der Waals surface area contributed by atoms with Crippen LogP contribution in [0.3, 0.4) is 0 Å². The number of hydrogen-bond donors (Lipinski definition) is 1. The zero-order valence-electron chi connectivity index (χ0n) is 17.5. The van der Waals surface area contributed by atoms with E-state index in [4.69, 9.17) is 9.47 Å². The first-order valence-electron chi connectivity index (χ1n) is 9.65. The Bertz CT molecular complexity index is 1210. The summed E-state index contributed by atoms with van der Waals surface area (Å²) < 4.78 is 13.0. The van der Waals surface area contributed by atoms with Crippen LogP contribution in [0.4, 0.5) is 5.69 Å². The molecule has 0 bridgehead atoms. The van der Waals surface area contributed by atoms with Crippen LogP contribution in [0.1, 0.15) is 18.9 Å². The van der Waals surface area contributed by atoms with Crippen LogP contribution >= 0.6 is 0 Å². The van der Waals surface area contributed by atoms with Gasteiger partial charge < -0.3 is 14.8 Å². The minimum Gasteiger partial charge on any atom is -0.493 e. The molecular formula is C22H25N3O5. The summed E-state index contributed by atoms with van der Waals surface area (Å²) in [6.07, 6.45) is 0.629. The Hall–Kier alpha value is -3.55. The number of methoxy groups -OCH3 is 2. The lowest BCUT2D eigenvalue weighted by Crippen LogP contribution is -2.41. The number of fused-ring (bicyclic) bond motifs is 1. The van der Waals surface area contributed by atoms with Gasteiger partial charge in [-0.1, -0.05) is 18.6 Å². The van der Waals surface area contributed by atoms with Crippen molar-refractivity contribution in [1.82, 2.24) is 9.13 Å². The molecule has 0 radical (unpaired) electrons. The predicted molar refractivity (Wildman–Crippen MR) is 116 cm³/mol. The highest BCUT2D eigenvalue weighted by Gasteiger charge is 2.16. The molecule has 0 fully saturated rings. The molecule has 30 heavy (non-hydrogen) atoms. The molecule has 0 aliphatic carbocycles. The topological polar surface area (TPSA) is 91.6 Å². The fourth-order valence-electron chi connectivity index (χ4n) is 3.37. The molecule has 8 nitrogen and oxygen atoms in total. The van der Waals surface area contributed by atoms with Crippen molar-refractivity contribution in [2.75, 3.05) is 19.5 Å². The quantitative estimate of drug-likeness (QED) is 0.645. The van der Waals surface area contributed by atoms with Crippen LogP contribution in [0.25, 0.3) is 10.9 Å². The van der Waals surface area contributed by atoms with E-state index in [0.717, 1.165) is 5.56 Å². The summed E-state index contributed by atoms with van der Waals surface area (Å²) in [6.45, 7) is 3.83. The zero-order chi connectivity index (χ0) is 21.8. The maximum absolute atomic E-state index is 13.0. The number of aryl methyl sites for hydroxylation is 1. The van der Waals surface area contributed by atoms with Crippen molar-refractivity contribution < 1.29 is 14.3 Å². The normalized spacial score (nSPS) is 10.8. The second-order valence-corrected chi connectivity index (χ2v) is 6.96. The molecule has 1 amide bonds. The van der Waals surface area contributed by atoms with Crippen LogP contribution in [0.15, 0.2) is 46.0 Å². The van der Waals surface area contributed by atoms with E-state index in [9.17, 15) is 14.4 Å². The molecule has 0 unspecified atom stereocenters. The first kappa shape index (κ1) is 21.2. The van der Waals surface area contributed by atoms with Gasteiger partial charge in [-0.2, -0.15) is 0 Å². The number of benzene rings is 2. The van der Waals surface area contributed by atoms with E-state index in [1.165, 1.54) is 23.4 Å². The summed E-state index contributed by atoms with van der Waals surface area (Å²) in [5.74, 6) is 0.623. The first-order valence-corrected chi connectivity index (χ1v) is 9.65. The molecular weight excluding hydrogens is 386 g/mol. The van der Waals surface area contributed by atoms with Crippen LogP contribution in [0.5, 0.6) is 11.5 Å². The summed E-state index contributed by atoms with van der Waals surface area (Å²) in [5, 5.41) is 3.18. The summed E-state index contributed by atoms with van der Waals surface area (Å²) in [6, 6.07) is 10.3. The van der Waals surface area contributed by atoms with Crippen molar-refractivity contribution in [1.29, 1.82) is 0 Å². The fourth-order valence-corrected chi connectivity index (χ4v) is 3.37. The van der Waals surface area contributed by atoms with E-state index in [2.05, 4.69) is 5.32 Å². The maximum atomic E-state index is 13.0. The molecule has 0 aliphatic heterocycles. The average molecular weight is 411 g/mol. The van der Waals surface area contributed by atoms with Crippen molar-refractivity contribution in [3.8, 4) is 11.5 Å². The van der Waals surface area contributed by atoms with Crippen molar-refractivity contribution in [2.24, 2.45) is 0 Å². The Kier molecular flexibility index (Phi) is 6.25. The number of rotatable bonds is 7. The third kappa shape index (κ3) is 4.07. The molecule has 0 atom stereocenters. The van der Waals surface area contributed by atoms with Gasteiger partial charge in [0.1, 0.15) is 6.54 Å². The largest absolute Gasteiger partial charge is 0.493 e. The van der Waals surface area contributed by atoms with Crippen LogP contribution in [-0.4, -0.2) is 29.3 Å². The summed E-state index contributed by atoms with van der Waals surface area (Å²) >= 11 is 0. The van der Waals surface area contributed by atoms with Gasteiger partial charge in [0.25, 0.3) is 5.56 Å². The molecule has 158 valence electrons. The third-order valence-corrected chi connectivity index (χ3v) is 4.80. The Morgan fingerprint density at radius 3 is 2.40 bits per heavy atom. The Labute approximate surface area is 173 Å². The van der Waals surface area contributed by atoms with Gasteiger partial charge in [-0.15, -0.1) is 0 Å². The summed E-state index contributed by atoms with van der Waals surface area (Å²) in [5.41, 5.74) is 1.01. The summed E-state index contributed by atoms with van der Waals surface area (Å²) in [7, 11) is 3.04. The Morgan fingerprint density at radius 2 is 1.73 bits per heavy atom. The first-order chi connectivity index (χ1) is 14.4. The molecule has 1 N–H and O–H groups in total. The third-order valence-electron chi connectivity index (χ3n) is 4.80. The van der Waals surface area contributed by atoms with E-state index in [0.29, 0.717) is 41.1 Å². The molecule has 0 saturated carbocycles. The number of nitrogens with one attached hydrogen (secondary N) is 1. The fraction of sp³-hybridized carbons (Fsp3) is 0.318. The highest BCUT2D eigenvalue weighted by atomic mass is 16.5. The number of carbonyl (C=O) groups excluding carboxylic acids is 1. The van der Waals surface area contributed by atoms with E-state index in [-0.39, 0.29) is 12.1 Å². The molecule has 3 rings (SSSR count). The van der Waals surface area contributed by atoms with E-state index < -0.39 is 11.6 Å². The van der Waals surface area contributed by atoms with Gasteiger partial charge in [0.05, 0.1) is 25.1 Å². The molecule has 3 aromatic rings. The van der Waals surface area contributed by atoms with Gasteiger partial charge in [-0.25, -0.2) is 4.79 Å². The molecule has 1 heterocycles. The number of anilines is 1. The van der Waals surface area contributed by atoms with Crippen molar-refractivity contribution in [3.63, 3.8) is 0 Å². The molecule has 0 spiro atoms. The highest BCUT2D eigenvalue weighted by Crippen LogP contribution is 2.29. The van der Waals surface area contributed by atoms with Crippen LogP contribution in [0.2, 0.25) is 0 Å². The van der Waals surface area contributed by atoms with Gasteiger partial charge in [0.15, 0.2) is 11.5 Å². The van der Waals surface area contributed by atoms with Gasteiger partial charge in [-0.05, 0) is 37.6 Å². The van der Waals surface area contributed by atoms with Gasteiger partial charge in [0, 0.05) is 18.3 Å². The monoisotopic (exact) mass is 411 g/mol. The molecule has 0 aliphatic rings. The smallest absolute Gasteiger partial charge is 0.331 e. The number of carbonyl (C=O) groups is 1. The lowest BCUT2D eigenvalue weighted by atomic mass is 10.1. The van der Waals surface area contributed by atoms with Crippen LogP contribution < -0.4 is 26.0 Å². The molecule has 0 saturated heterocycles. The Morgan fingerprint density at radius 1 is 1.00 bits per heavy atom. The Balaban J connectivity index is 2.00. The number of amides is 1. The van der Waals surface area contributed by atoms with Crippen molar-refractivity contribution in [2.45, 2.75) is 33.4 Å². The van der Waals surface area contributed by atoms with Gasteiger partial charge >= 0.3 is 5.69 Å². The minimum absolute atomic E-state index is 0.225. The molecule has 8 heteroatoms. The van der Waals surface area contributed by atoms with E-state index >= 15 is 0 Å². The van der Waals surface area contributed by atoms with Gasteiger partial charge in [0.2, 0.25) is 5.91 Å². The predicted octanol–water partition coefficient (Wildman–Crippen LogP) is 2.54. The SMILES string of the molecule is CCCn1c(=O)c2cc(C)ccc2n(CC(=O)Nc2ccc(OC)c(OC)c2)c1=O. The lowest BCUT2D eigenvalue weighted by Gasteiger charge is -2.15. The second-order valence-electron chi connectivity index (χ2n) is 6.96. The summed E-state index contributed by atoms with van der Waals surface area (Å²) in [4.78, 5) is 38.5. The number of nitrogens with zero attached hydrogens (tertiary/aromatic N) is 2. The number of hydrogen-bond acceptors (Lipinski definition) is 5. The zero-order valence-corrected chi connectivity index (χ0v) is 17.5. The van der Waals surface area contributed by atoms with Crippen molar-refractivity contribution >= 4 is 22.5 Å². The molecule has 1 aromatic heterocycles. The average Bonchev–Trinajstić information content (AvgIpc) is 2.74. The number of aromatic nitrogens is 2. The number of ether oxygens (including phenoxy) is 2. The maximum Gasteiger partial charge on any atom is 0.331 e. The van der Waals surface area contributed by atoms with E-state index in [1.54, 1.807) is 30.3 Å². The highest BCUT2D eigenvalue weighted by molar-refractivity contribution is 5.92. The standard InChI is InChI=1S/C22H25N3O5/c1-5-10-24-21(27)16-11-14(2)6-8-17(16)25(22(24)28)13-20(26)23-15-7-9-18(29-3)19(12-15)30-4/h6-9,11-12H,5,10,13H2,1-4H3,(H,23,26). The van der Waals surface area contributed by atoms with Crippen LogP contribution in [-0.2, 0) is 17.9 Å². The van der Waals surface area contributed by atoms with E-state index in [1.807, 2.05) is 19.9 Å². The second kappa shape index (κ2) is 8.86. The van der Waals surface area contributed by atoms with Crippen molar-refractivity contribution in [3.05, 3.63) is 62.8 Å². The van der Waals surface area contributed by atoms with Gasteiger partial charge in [-0.3, -0.25) is 18.7 Å². The van der Waals surface area contributed by atoms with Crippen LogP contribution in [0, 0.1) is 6.92 Å². The minimum atomic E-state index is -0.499. The lowest BCUT2D eigenvalue weighted by molar-refractivity contribution is -0.116.